The van der Waals surface area contributed by atoms with E-state index in [0.717, 1.165) is 0 Å². The van der Waals surface area contributed by atoms with E-state index >= 15 is 0 Å². The Morgan fingerprint density at radius 2 is 1.44 bits per heavy atom. The molecule has 0 saturated carbocycles. The molecule has 2 atom stereocenters. The van der Waals surface area contributed by atoms with Crippen LogP contribution in [-0.2, 0) is 9.62 Å². The van der Waals surface area contributed by atoms with E-state index in [0.29, 0.717) is 0 Å². The molecule has 0 aliphatic heterocycles. The van der Waals surface area contributed by atoms with Crippen LogP contribution in [-0.4, -0.2) is 48.1 Å². The number of aliphatic hydroxyl groups is 1. The first-order valence-corrected chi connectivity index (χ1v) is 3.78. The number of aliphatic hydroxyl groups excluding tert-OH is 1. The number of hydrogen-bond donors (Lipinski definition) is 2. The molecule has 98 valence electrons. The van der Waals surface area contributed by atoms with Crippen molar-refractivity contribution in [3.05, 3.63) is 0 Å². The van der Waals surface area contributed by atoms with Crippen molar-refractivity contribution in [1.29, 1.82) is 0 Å². The molecule has 0 aliphatic carbocycles. The maximum Gasteiger partial charge on any atom is 0.417 e. The highest BCUT2D eigenvalue weighted by Gasteiger charge is 2.44. The molecule has 0 aromatic carbocycles. The minimum Gasteiger partial charge on any atom is -0.382 e. The molecule has 0 fully saturated rings. The molecule has 10 heteroatoms. The summed E-state index contributed by atoms with van der Waals surface area (Å²) in [6.07, 6.45) is -15.9. The Balaban J connectivity index is 4.23. The van der Waals surface area contributed by atoms with Gasteiger partial charge in [0.15, 0.2) is 12.2 Å². The number of rotatable bonds is 5. The highest BCUT2D eigenvalue weighted by atomic mass is 19.4. The summed E-state index contributed by atoms with van der Waals surface area (Å²) < 4.78 is 74.8. The van der Waals surface area contributed by atoms with Crippen molar-refractivity contribution in [2.45, 2.75) is 24.6 Å². The summed E-state index contributed by atoms with van der Waals surface area (Å²) in [5.74, 6) is 0. The van der Waals surface area contributed by atoms with Gasteiger partial charge in [-0.2, -0.15) is 26.3 Å². The van der Waals surface area contributed by atoms with E-state index in [1.165, 1.54) is 0 Å². The van der Waals surface area contributed by atoms with Crippen LogP contribution >= 0.6 is 0 Å². The lowest BCUT2D eigenvalue weighted by molar-refractivity contribution is -0.310. The van der Waals surface area contributed by atoms with Crippen LogP contribution in [0.5, 0.6) is 0 Å². The third-order valence-electron chi connectivity index (χ3n) is 1.42. The van der Waals surface area contributed by atoms with E-state index < -0.39 is 37.8 Å². The summed E-state index contributed by atoms with van der Waals surface area (Å²) in [5.41, 5.74) is 0. The minimum atomic E-state index is -5.07. The highest BCUT2D eigenvalue weighted by Crippen LogP contribution is 2.25. The van der Waals surface area contributed by atoms with Crippen LogP contribution in [0, 0.1) is 0 Å². The molecule has 2 unspecified atom stereocenters. The molecule has 0 aromatic rings. The van der Waals surface area contributed by atoms with Gasteiger partial charge in [-0.25, -0.2) is 4.89 Å². The molecule has 0 rings (SSSR count). The van der Waals surface area contributed by atoms with Gasteiger partial charge in [0.2, 0.25) is 0 Å². The van der Waals surface area contributed by atoms with Gasteiger partial charge >= 0.3 is 12.4 Å². The molecule has 4 nitrogen and oxygen atoms in total. The van der Waals surface area contributed by atoms with Gasteiger partial charge in [-0.05, 0) is 0 Å². The van der Waals surface area contributed by atoms with Gasteiger partial charge in [-0.1, -0.05) is 0 Å². The molecular weight excluding hydrogens is 250 g/mol. The predicted molar refractivity (Wildman–Crippen MR) is 36.4 cm³/mol. The third-order valence-corrected chi connectivity index (χ3v) is 1.42. The summed E-state index contributed by atoms with van der Waals surface area (Å²) in [4.78, 5) is 3.14. The van der Waals surface area contributed by atoms with Crippen molar-refractivity contribution in [2.24, 2.45) is 0 Å². The zero-order valence-corrected chi connectivity index (χ0v) is 7.55. The molecule has 0 spiro atoms. The molecule has 16 heavy (non-hydrogen) atoms. The van der Waals surface area contributed by atoms with Gasteiger partial charge in [0.05, 0.1) is 6.61 Å². The average Bonchev–Trinajstić information content (AvgIpc) is 2.07. The van der Waals surface area contributed by atoms with Crippen LogP contribution < -0.4 is 0 Å². The van der Waals surface area contributed by atoms with Crippen molar-refractivity contribution in [3.63, 3.8) is 0 Å². The quantitative estimate of drug-likeness (QED) is 0.444. The van der Waals surface area contributed by atoms with Crippen molar-refractivity contribution in [1.82, 2.24) is 0 Å². The Morgan fingerprint density at radius 3 is 1.75 bits per heavy atom. The standard InChI is InChI=1S/C6H8F6O4/c7-5(8,9)3(13)1-15-4(2-16-14)6(10,11)12/h3-4,13-14H,1-2H2. The largest absolute Gasteiger partial charge is 0.417 e. The fraction of sp³-hybridized carbons (Fsp3) is 1.00. The molecule has 0 aliphatic rings. The van der Waals surface area contributed by atoms with Gasteiger partial charge in [0, 0.05) is 0 Å². The second kappa shape index (κ2) is 5.66. The van der Waals surface area contributed by atoms with Crippen molar-refractivity contribution < 1.29 is 46.3 Å². The molecule has 0 heterocycles. The van der Waals surface area contributed by atoms with E-state index in [1.54, 1.807) is 0 Å². The van der Waals surface area contributed by atoms with Gasteiger partial charge in [0.25, 0.3) is 0 Å². The number of alkyl halides is 6. The molecule has 0 radical (unpaired) electrons. The third kappa shape index (κ3) is 5.49. The van der Waals surface area contributed by atoms with Crippen LogP contribution in [0.25, 0.3) is 0 Å². The zero-order valence-electron chi connectivity index (χ0n) is 7.55. The Bertz CT molecular complexity index is 202. The first kappa shape index (κ1) is 15.4. The molecule has 0 aromatic heterocycles. The normalized spacial score (nSPS) is 17.2. The smallest absolute Gasteiger partial charge is 0.382 e. The lowest BCUT2D eigenvalue weighted by atomic mass is 10.3. The topological polar surface area (TPSA) is 58.9 Å². The Morgan fingerprint density at radius 1 is 0.938 bits per heavy atom. The van der Waals surface area contributed by atoms with E-state index in [4.69, 9.17) is 10.4 Å². The number of ether oxygens (including phenoxy) is 1. The predicted octanol–water partition coefficient (Wildman–Crippen LogP) is 1.35. The molecule has 0 saturated heterocycles. The fourth-order valence-corrected chi connectivity index (χ4v) is 0.607. The van der Waals surface area contributed by atoms with Crippen LogP contribution in [0.15, 0.2) is 0 Å². The lowest BCUT2D eigenvalue weighted by Gasteiger charge is -2.21. The van der Waals surface area contributed by atoms with Crippen molar-refractivity contribution in [3.8, 4) is 0 Å². The first-order chi connectivity index (χ1) is 7.09. The van der Waals surface area contributed by atoms with Crippen LogP contribution in [0.4, 0.5) is 26.3 Å². The molecule has 2 N–H and O–H groups in total. The lowest BCUT2D eigenvalue weighted by Crippen LogP contribution is -2.41. The van der Waals surface area contributed by atoms with E-state index in [1.807, 2.05) is 0 Å². The maximum atomic E-state index is 12.0. The number of hydrogen-bond acceptors (Lipinski definition) is 4. The zero-order chi connectivity index (χ0) is 13.0. The monoisotopic (exact) mass is 258 g/mol. The van der Waals surface area contributed by atoms with Crippen LogP contribution in [0.1, 0.15) is 0 Å². The Hall–Kier alpha value is -0.580. The summed E-state index contributed by atoms with van der Waals surface area (Å²) in [5, 5.41) is 16.1. The van der Waals surface area contributed by atoms with Gasteiger partial charge in [0.1, 0.15) is 6.61 Å². The fourth-order valence-electron chi connectivity index (χ4n) is 0.607. The summed E-state index contributed by atoms with van der Waals surface area (Å²) >= 11 is 0. The van der Waals surface area contributed by atoms with Crippen molar-refractivity contribution in [2.75, 3.05) is 13.2 Å². The SMILES string of the molecule is OOCC(OCC(O)C(F)(F)F)C(F)(F)F. The van der Waals surface area contributed by atoms with Gasteiger partial charge < -0.3 is 9.84 Å². The maximum absolute atomic E-state index is 12.0. The summed E-state index contributed by atoms with van der Waals surface area (Å²) in [6.45, 7) is -2.98. The van der Waals surface area contributed by atoms with E-state index in [2.05, 4.69) is 9.62 Å². The second-order valence-electron chi connectivity index (χ2n) is 2.72. The first-order valence-electron chi connectivity index (χ1n) is 3.78. The van der Waals surface area contributed by atoms with Gasteiger partial charge in [-0.3, -0.25) is 5.26 Å². The van der Waals surface area contributed by atoms with Crippen LogP contribution in [0.2, 0.25) is 0 Å². The number of halogens is 6. The Kier molecular flexibility index (Phi) is 5.46. The molecular formula is C6H8F6O4. The van der Waals surface area contributed by atoms with Gasteiger partial charge in [-0.15, -0.1) is 0 Å². The van der Waals surface area contributed by atoms with Crippen molar-refractivity contribution >= 4 is 0 Å². The average molecular weight is 258 g/mol. The van der Waals surface area contributed by atoms with Crippen LogP contribution in [0.3, 0.4) is 0 Å². The summed E-state index contributed by atoms with van der Waals surface area (Å²) in [7, 11) is 0. The van der Waals surface area contributed by atoms with E-state index in [-0.39, 0.29) is 0 Å². The molecule has 0 bridgehead atoms. The van der Waals surface area contributed by atoms with E-state index in [9.17, 15) is 26.3 Å². The molecule has 0 amide bonds. The Labute approximate surface area is 85.3 Å². The highest BCUT2D eigenvalue weighted by molar-refractivity contribution is 4.70. The second-order valence-corrected chi connectivity index (χ2v) is 2.72. The summed E-state index contributed by atoms with van der Waals surface area (Å²) in [6, 6.07) is 0. The minimum absolute atomic E-state index is 1.38.